The number of aliphatic imine (C=N–C) groups is 1. The number of hydrogen-bond acceptors (Lipinski definition) is 3. The highest BCUT2D eigenvalue weighted by molar-refractivity contribution is 14.0. The molecule has 0 saturated carbocycles. The lowest BCUT2D eigenvalue weighted by atomic mass is 10.0. The zero-order chi connectivity index (χ0) is 14.7. The van der Waals surface area contributed by atoms with Gasteiger partial charge in [-0.3, -0.25) is 9.39 Å². The highest BCUT2D eigenvalue weighted by atomic mass is 127. The van der Waals surface area contributed by atoms with Crippen molar-refractivity contribution in [1.82, 2.24) is 19.5 Å². The molecule has 1 unspecified atom stereocenters. The maximum Gasteiger partial charge on any atom is 0.191 e. The van der Waals surface area contributed by atoms with E-state index < -0.39 is 0 Å². The third kappa shape index (κ3) is 3.88. The van der Waals surface area contributed by atoms with Gasteiger partial charge in [0.05, 0.1) is 0 Å². The van der Waals surface area contributed by atoms with E-state index in [9.17, 15) is 0 Å². The van der Waals surface area contributed by atoms with E-state index in [1.807, 2.05) is 28.8 Å². The van der Waals surface area contributed by atoms with Gasteiger partial charge in [0.15, 0.2) is 11.6 Å². The number of aromatic nitrogens is 3. The monoisotopic (exact) mass is 414 g/mol. The Kier molecular flexibility index (Phi) is 5.98. The van der Waals surface area contributed by atoms with Crippen LogP contribution in [0.1, 0.15) is 25.6 Å². The summed E-state index contributed by atoms with van der Waals surface area (Å²) in [5.41, 5.74) is 6.97. The van der Waals surface area contributed by atoms with Crippen molar-refractivity contribution in [2.45, 2.75) is 26.2 Å². The molecule has 2 aromatic heterocycles. The Morgan fingerprint density at radius 2 is 2.27 bits per heavy atom. The average molecular weight is 414 g/mol. The van der Waals surface area contributed by atoms with Crippen LogP contribution in [0, 0.1) is 5.92 Å². The molecule has 0 amide bonds. The Labute approximate surface area is 147 Å². The molecule has 120 valence electrons. The van der Waals surface area contributed by atoms with Crippen LogP contribution in [0.4, 0.5) is 0 Å². The van der Waals surface area contributed by atoms with Crippen LogP contribution in [-0.4, -0.2) is 45.1 Å². The molecule has 6 nitrogen and oxygen atoms in total. The largest absolute Gasteiger partial charge is 0.370 e. The summed E-state index contributed by atoms with van der Waals surface area (Å²) in [5.74, 6) is 2.29. The Hall–Kier alpha value is -1.38. The number of fused-ring (bicyclic) bond motifs is 1. The highest BCUT2D eigenvalue weighted by Gasteiger charge is 2.17. The van der Waals surface area contributed by atoms with E-state index in [0.29, 0.717) is 18.4 Å². The minimum Gasteiger partial charge on any atom is -0.370 e. The van der Waals surface area contributed by atoms with Crippen molar-refractivity contribution in [3.8, 4) is 0 Å². The molecule has 2 aromatic rings. The molecule has 3 heterocycles. The lowest BCUT2D eigenvalue weighted by molar-refractivity contribution is 0.270. The lowest BCUT2D eigenvalue weighted by Gasteiger charge is -2.31. The van der Waals surface area contributed by atoms with Gasteiger partial charge in [-0.05, 0) is 30.9 Å². The molecule has 0 radical (unpaired) electrons. The van der Waals surface area contributed by atoms with Gasteiger partial charge in [0.25, 0.3) is 0 Å². The molecular formula is C15H23IN6. The number of halogens is 1. The number of piperidine rings is 1. The first-order valence-corrected chi connectivity index (χ1v) is 7.57. The fourth-order valence-corrected chi connectivity index (χ4v) is 2.83. The summed E-state index contributed by atoms with van der Waals surface area (Å²) in [5, 5.41) is 8.35. The first kappa shape index (κ1) is 17.0. The normalized spacial score (nSPS) is 19.2. The molecule has 1 fully saturated rings. The SMILES string of the molecule is CC1CCCN(C(N)=NCCc2nnc3ccccn23)C1.I. The van der Waals surface area contributed by atoms with E-state index in [-0.39, 0.29) is 24.0 Å². The van der Waals surface area contributed by atoms with Crippen molar-refractivity contribution in [1.29, 1.82) is 0 Å². The molecule has 1 aliphatic heterocycles. The Morgan fingerprint density at radius 3 is 3.09 bits per heavy atom. The van der Waals surface area contributed by atoms with Gasteiger partial charge in [-0.25, -0.2) is 0 Å². The van der Waals surface area contributed by atoms with Crippen LogP contribution in [0.5, 0.6) is 0 Å². The Balaban J connectivity index is 0.00000176. The maximum atomic E-state index is 6.10. The van der Waals surface area contributed by atoms with Crippen molar-refractivity contribution in [3.05, 3.63) is 30.2 Å². The topological polar surface area (TPSA) is 71.8 Å². The van der Waals surface area contributed by atoms with Crippen LogP contribution in [-0.2, 0) is 6.42 Å². The zero-order valence-corrected chi connectivity index (χ0v) is 15.2. The van der Waals surface area contributed by atoms with E-state index in [4.69, 9.17) is 5.73 Å². The van der Waals surface area contributed by atoms with Crippen LogP contribution in [0.2, 0.25) is 0 Å². The summed E-state index contributed by atoms with van der Waals surface area (Å²) in [6.07, 6.45) is 5.21. The van der Waals surface area contributed by atoms with Crippen LogP contribution in [0.25, 0.3) is 5.65 Å². The molecule has 1 atom stereocenters. The molecule has 0 aromatic carbocycles. The van der Waals surface area contributed by atoms with E-state index in [2.05, 4.69) is 27.0 Å². The second kappa shape index (κ2) is 7.75. The number of pyridine rings is 1. The molecule has 0 aliphatic carbocycles. The highest BCUT2D eigenvalue weighted by Crippen LogP contribution is 2.14. The molecule has 0 spiro atoms. The van der Waals surface area contributed by atoms with Crippen LogP contribution >= 0.6 is 24.0 Å². The first-order chi connectivity index (χ1) is 10.2. The third-order valence-electron chi connectivity index (χ3n) is 3.97. The van der Waals surface area contributed by atoms with Gasteiger partial charge >= 0.3 is 0 Å². The van der Waals surface area contributed by atoms with Crippen molar-refractivity contribution < 1.29 is 0 Å². The molecule has 0 bridgehead atoms. The first-order valence-electron chi connectivity index (χ1n) is 7.57. The van der Waals surface area contributed by atoms with E-state index in [1.54, 1.807) is 0 Å². The average Bonchev–Trinajstić information content (AvgIpc) is 2.91. The summed E-state index contributed by atoms with van der Waals surface area (Å²) in [6, 6.07) is 5.89. The minimum atomic E-state index is 0. The molecular weight excluding hydrogens is 391 g/mol. The summed E-state index contributed by atoms with van der Waals surface area (Å²) >= 11 is 0. The van der Waals surface area contributed by atoms with Gasteiger partial charge < -0.3 is 10.6 Å². The maximum absolute atomic E-state index is 6.10. The van der Waals surface area contributed by atoms with E-state index in [1.165, 1.54) is 12.8 Å². The molecule has 22 heavy (non-hydrogen) atoms. The summed E-state index contributed by atoms with van der Waals surface area (Å²) < 4.78 is 1.99. The summed E-state index contributed by atoms with van der Waals surface area (Å²) in [6.45, 7) is 4.95. The summed E-state index contributed by atoms with van der Waals surface area (Å²) in [7, 11) is 0. The van der Waals surface area contributed by atoms with Gasteiger partial charge in [0, 0.05) is 32.3 Å². The van der Waals surface area contributed by atoms with Crippen LogP contribution in [0.15, 0.2) is 29.4 Å². The molecule has 3 rings (SSSR count). The Morgan fingerprint density at radius 1 is 1.41 bits per heavy atom. The molecule has 1 aliphatic rings. The lowest BCUT2D eigenvalue weighted by Crippen LogP contribution is -2.43. The predicted octanol–water partition coefficient (Wildman–Crippen LogP) is 1.94. The van der Waals surface area contributed by atoms with Gasteiger partial charge in [-0.2, -0.15) is 0 Å². The molecule has 7 heteroatoms. The van der Waals surface area contributed by atoms with Gasteiger partial charge in [0.1, 0.15) is 5.82 Å². The smallest absolute Gasteiger partial charge is 0.191 e. The van der Waals surface area contributed by atoms with E-state index >= 15 is 0 Å². The zero-order valence-electron chi connectivity index (χ0n) is 12.9. The number of hydrogen-bond donors (Lipinski definition) is 1. The van der Waals surface area contributed by atoms with Crippen molar-refractivity contribution in [2.75, 3.05) is 19.6 Å². The van der Waals surface area contributed by atoms with Crippen LogP contribution in [0.3, 0.4) is 0 Å². The quantitative estimate of drug-likeness (QED) is 0.474. The second-order valence-electron chi connectivity index (χ2n) is 5.73. The molecule has 1 saturated heterocycles. The van der Waals surface area contributed by atoms with Crippen molar-refractivity contribution in [3.63, 3.8) is 0 Å². The number of nitrogens with zero attached hydrogens (tertiary/aromatic N) is 5. The summed E-state index contributed by atoms with van der Waals surface area (Å²) in [4.78, 5) is 6.69. The number of nitrogens with two attached hydrogens (primary N) is 1. The van der Waals surface area contributed by atoms with Gasteiger partial charge in [0.2, 0.25) is 0 Å². The fraction of sp³-hybridized carbons (Fsp3) is 0.533. The van der Waals surface area contributed by atoms with Gasteiger partial charge in [-0.1, -0.05) is 13.0 Å². The van der Waals surface area contributed by atoms with Crippen LogP contribution < -0.4 is 5.73 Å². The second-order valence-corrected chi connectivity index (χ2v) is 5.73. The third-order valence-corrected chi connectivity index (χ3v) is 3.97. The number of likely N-dealkylation sites (tertiary alicyclic amines) is 1. The molecule has 2 N–H and O–H groups in total. The number of guanidine groups is 1. The van der Waals surface area contributed by atoms with Gasteiger partial charge in [-0.15, -0.1) is 34.2 Å². The van der Waals surface area contributed by atoms with Crippen molar-refractivity contribution in [2.24, 2.45) is 16.6 Å². The fourth-order valence-electron chi connectivity index (χ4n) is 2.83. The standard InChI is InChI=1S/C15H22N6.HI/c1-12-5-4-9-20(11-12)15(16)17-8-7-14-19-18-13-6-2-3-10-21(13)14;/h2-3,6,10,12H,4-5,7-9,11H2,1H3,(H2,16,17);1H. The predicted molar refractivity (Wildman–Crippen MR) is 98.6 cm³/mol. The van der Waals surface area contributed by atoms with Crippen molar-refractivity contribution >= 4 is 35.6 Å². The minimum absolute atomic E-state index is 0. The Bertz CT molecular complexity index is 638. The van der Waals surface area contributed by atoms with E-state index in [0.717, 1.165) is 31.0 Å². The number of rotatable bonds is 3.